The van der Waals surface area contributed by atoms with Gasteiger partial charge in [0.05, 0.1) is 5.92 Å². The van der Waals surface area contributed by atoms with Crippen LogP contribution in [0.3, 0.4) is 0 Å². The van der Waals surface area contributed by atoms with Crippen LogP contribution in [0.25, 0.3) is 0 Å². The van der Waals surface area contributed by atoms with Crippen LogP contribution < -0.4 is 26.6 Å². The van der Waals surface area contributed by atoms with Crippen LogP contribution in [-0.2, 0) is 38.2 Å². The van der Waals surface area contributed by atoms with E-state index in [1.807, 2.05) is 19.9 Å². The van der Waals surface area contributed by atoms with E-state index in [9.17, 15) is 43.7 Å². The topological polar surface area (TPSA) is 244 Å². The van der Waals surface area contributed by atoms with Gasteiger partial charge in [0, 0.05) is 29.7 Å². The number of amides is 6. The molecule has 6 amide bonds. The smallest absolute Gasteiger partial charge is 0.408 e. The molecule has 3 aliphatic rings. The third-order valence-corrected chi connectivity index (χ3v) is 13.9. The Balaban J connectivity index is 1.46. The lowest BCUT2D eigenvalue weighted by molar-refractivity contribution is -0.498. The zero-order valence-corrected chi connectivity index (χ0v) is 40.6. The van der Waals surface area contributed by atoms with E-state index in [2.05, 4.69) is 26.6 Å². The lowest BCUT2D eigenvalue weighted by atomic mass is 9.90. The van der Waals surface area contributed by atoms with Gasteiger partial charge in [-0.3, -0.25) is 34.1 Å². The number of cyclic esters (lactones) is 1. The number of carbonyl (C=O) groups is 7. The second-order valence-corrected chi connectivity index (χ2v) is 18.7. The summed E-state index contributed by atoms with van der Waals surface area (Å²) < 4.78 is 11.7. The minimum absolute atomic E-state index is 0.0735. The van der Waals surface area contributed by atoms with Gasteiger partial charge in [0.15, 0.2) is 0 Å². The van der Waals surface area contributed by atoms with Crippen molar-refractivity contribution < 1.29 is 48.0 Å². The number of hydrogen-bond acceptors (Lipinski definition) is 11. The number of fused-ring (bicyclic) bond motifs is 1. The normalized spacial score (nSPS) is 28.7. The lowest BCUT2D eigenvalue weighted by Crippen LogP contribution is -2.62. The van der Waals surface area contributed by atoms with Gasteiger partial charge in [0.25, 0.3) is 0 Å². The molecular weight excluding hydrogens is 899 g/mol. The average molecular weight is 964 g/mol. The standard InChI is InChI=1S/C52H65N7O11/c1-8-19-34-26-40-51(65)69-33(7)44(57-52(66)70-32(6)37-24-17-12-18-25-37)48(62)54-43(31(5)36-22-15-11-16-23-36)47(61)56-45(38-27-39(38)59(67)68)49(63)55-42(30(4)35-20-13-10-14-21-35)46(60)53-41(29(3)9-2)50(64)58(40)28-34/h8,10-25,29-34,38-45H,9,26-28H2,1-7H3,(H,53,60)(H,54,62)(H,55,63)(H,56,61)(H,57,66)/b19-8+/t29-,30+,31+,32+,33+,34-,38-,39+,40-,41-,42-,43?,44+,45+/m0/s1. The van der Waals surface area contributed by atoms with Gasteiger partial charge >= 0.3 is 12.1 Å². The summed E-state index contributed by atoms with van der Waals surface area (Å²) in [6, 6.07) is 16.6. The minimum atomic E-state index is -1.70. The molecule has 3 aromatic carbocycles. The molecule has 0 aromatic heterocycles. The Morgan fingerprint density at radius 2 is 1.29 bits per heavy atom. The van der Waals surface area contributed by atoms with Crippen molar-refractivity contribution in [3.63, 3.8) is 0 Å². The van der Waals surface area contributed by atoms with Crippen molar-refractivity contribution in [2.75, 3.05) is 6.54 Å². The number of nitro groups is 1. The number of nitrogens with zero attached hydrogens (tertiary/aromatic N) is 2. The van der Waals surface area contributed by atoms with Crippen LogP contribution in [0.2, 0.25) is 0 Å². The van der Waals surface area contributed by atoms with E-state index in [4.69, 9.17) is 9.47 Å². The molecule has 1 unspecified atom stereocenters. The van der Waals surface area contributed by atoms with Gasteiger partial charge in [-0.2, -0.15) is 0 Å². The molecule has 18 nitrogen and oxygen atoms in total. The largest absolute Gasteiger partial charge is 0.458 e. The molecule has 1 aliphatic carbocycles. The Kier molecular flexibility index (Phi) is 17.5. The Labute approximate surface area is 408 Å². The van der Waals surface area contributed by atoms with Crippen molar-refractivity contribution >= 4 is 41.6 Å². The van der Waals surface area contributed by atoms with E-state index < -0.39 is 125 Å². The maximum absolute atomic E-state index is 14.9. The number of ether oxygens (including phenoxy) is 2. The molecule has 0 spiro atoms. The molecule has 2 heterocycles. The summed E-state index contributed by atoms with van der Waals surface area (Å²) in [5.41, 5.74) is 1.89. The van der Waals surface area contributed by atoms with E-state index >= 15 is 0 Å². The Bertz CT molecular complexity index is 2390. The summed E-state index contributed by atoms with van der Waals surface area (Å²) in [6.45, 7) is 11.9. The van der Waals surface area contributed by atoms with Crippen molar-refractivity contribution in [1.82, 2.24) is 31.5 Å². The molecule has 3 fully saturated rings. The molecule has 14 atom stereocenters. The van der Waals surface area contributed by atoms with Crippen LogP contribution in [0.4, 0.5) is 4.79 Å². The lowest BCUT2D eigenvalue weighted by Gasteiger charge is -2.34. The number of hydrogen-bond donors (Lipinski definition) is 5. The average Bonchev–Trinajstić information content (AvgIpc) is 4.05. The SMILES string of the molecule is C/C=C/[C@H]1C[C@H]2C(=O)O[C@H](C)[C@@H](NC(=O)O[C@H](C)c3ccccc3)C(=O)NC([C@H](C)c3ccccc3)C(=O)N[C@H]([C@H]3C[C@H]3[N+](=O)[O-])C(=O)N[C@@H]([C@H](C)c3ccccc3)C(=O)N[C@@H]([C@@H](C)CC)C(=O)N2C1. The molecule has 5 N–H and O–H groups in total. The molecule has 2 saturated heterocycles. The van der Waals surface area contributed by atoms with Gasteiger partial charge in [-0.25, -0.2) is 9.59 Å². The first kappa shape index (κ1) is 52.3. The van der Waals surface area contributed by atoms with E-state index in [1.165, 1.54) is 11.8 Å². The molecule has 70 heavy (non-hydrogen) atoms. The van der Waals surface area contributed by atoms with Crippen molar-refractivity contribution in [1.29, 1.82) is 0 Å². The van der Waals surface area contributed by atoms with Crippen molar-refractivity contribution in [2.24, 2.45) is 17.8 Å². The number of allylic oxidation sites excluding steroid dienone is 1. The van der Waals surface area contributed by atoms with Gasteiger partial charge in [-0.15, -0.1) is 0 Å². The van der Waals surface area contributed by atoms with Gasteiger partial charge in [-0.1, -0.05) is 137 Å². The summed E-state index contributed by atoms with van der Waals surface area (Å²) in [6.07, 6.45) is 0.863. The van der Waals surface area contributed by atoms with Crippen molar-refractivity contribution in [3.05, 3.63) is 130 Å². The van der Waals surface area contributed by atoms with E-state index in [0.29, 0.717) is 23.1 Å². The molecule has 18 heteroatoms. The molecule has 1 saturated carbocycles. The third-order valence-electron chi connectivity index (χ3n) is 13.9. The summed E-state index contributed by atoms with van der Waals surface area (Å²) in [5.74, 6) is -8.34. The van der Waals surface area contributed by atoms with Crippen LogP contribution >= 0.6 is 0 Å². The molecule has 6 rings (SSSR count). The second-order valence-electron chi connectivity index (χ2n) is 18.7. The number of rotatable bonds is 12. The van der Waals surface area contributed by atoms with E-state index in [-0.39, 0.29) is 25.3 Å². The number of benzene rings is 3. The highest BCUT2D eigenvalue weighted by Crippen LogP contribution is 2.37. The number of nitrogens with one attached hydrogen (secondary N) is 5. The fraction of sp³-hybridized carbons (Fsp3) is 0.481. The maximum atomic E-state index is 14.9. The quantitative estimate of drug-likeness (QED) is 0.0712. The zero-order valence-electron chi connectivity index (χ0n) is 40.6. The summed E-state index contributed by atoms with van der Waals surface area (Å²) in [7, 11) is 0. The predicted molar refractivity (Wildman–Crippen MR) is 258 cm³/mol. The maximum Gasteiger partial charge on any atom is 0.408 e. The van der Waals surface area contributed by atoms with Crippen LogP contribution in [0.15, 0.2) is 103 Å². The Hall–Kier alpha value is -7.11. The van der Waals surface area contributed by atoms with E-state index in [1.54, 1.807) is 125 Å². The highest BCUT2D eigenvalue weighted by atomic mass is 16.6. The molecule has 0 bridgehead atoms. The van der Waals surface area contributed by atoms with E-state index in [0.717, 1.165) is 0 Å². The van der Waals surface area contributed by atoms with Crippen LogP contribution in [0.5, 0.6) is 0 Å². The Morgan fingerprint density at radius 3 is 1.80 bits per heavy atom. The van der Waals surface area contributed by atoms with Gasteiger partial charge in [0.1, 0.15) is 48.5 Å². The summed E-state index contributed by atoms with van der Waals surface area (Å²) >= 11 is 0. The van der Waals surface area contributed by atoms with Gasteiger partial charge in [0.2, 0.25) is 35.6 Å². The van der Waals surface area contributed by atoms with Gasteiger partial charge in [-0.05, 0) is 55.7 Å². The Morgan fingerprint density at radius 1 is 0.771 bits per heavy atom. The van der Waals surface area contributed by atoms with Gasteiger partial charge < -0.3 is 41.0 Å². The van der Waals surface area contributed by atoms with Crippen LogP contribution in [0.1, 0.15) is 102 Å². The fourth-order valence-electron chi connectivity index (χ4n) is 9.32. The second kappa shape index (κ2) is 23.5. The fourth-order valence-corrected chi connectivity index (χ4v) is 9.32. The predicted octanol–water partition coefficient (Wildman–Crippen LogP) is 4.84. The van der Waals surface area contributed by atoms with Crippen LogP contribution in [-0.4, -0.2) is 106 Å². The third kappa shape index (κ3) is 12.6. The summed E-state index contributed by atoms with van der Waals surface area (Å²) in [5, 5.41) is 25.9. The first-order valence-electron chi connectivity index (χ1n) is 24.0. The number of alkyl carbamates (subject to hydrolysis) is 1. The highest BCUT2D eigenvalue weighted by Gasteiger charge is 2.56. The molecule has 3 aromatic rings. The monoisotopic (exact) mass is 963 g/mol. The minimum Gasteiger partial charge on any atom is -0.458 e. The number of esters is 1. The molecule has 0 radical (unpaired) electrons. The first-order valence-corrected chi connectivity index (χ1v) is 24.0. The number of carbonyl (C=O) groups excluding carboxylic acids is 7. The zero-order chi connectivity index (χ0) is 50.8. The molecular formula is C52H65N7O11. The van der Waals surface area contributed by atoms with Crippen molar-refractivity contribution in [2.45, 2.75) is 134 Å². The van der Waals surface area contributed by atoms with Crippen LogP contribution in [0, 0.1) is 27.9 Å². The van der Waals surface area contributed by atoms with Crippen molar-refractivity contribution in [3.8, 4) is 0 Å². The molecule has 2 aliphatic heterocycles. The first-order chi connectivity index (χ1) is 33.4. The summed E-state index contributed by atoms with van der Waals surface area (Å²) in [4.78, 5) is 115. The highest BCUT2D eigenvalue weighted by molar-refractivity contribution is 5.98. The molecule has 374 valence electrons.